The fraction of sp³-hybridized carbons (Fsp3) is 0.400. The van der Waals surface area contributed by atoms with Crippen molar-refractivity contribution in [3.8, 4) is 16.9 Å². The second kappa shape index (κ2) is 6.51. The second-order valence-electron chi connectivity index (χ2n) is 7.49. The van der Waals surface area contributed by atoms with Gasteiger partial charge in [0.2, 0.25) is 0 Å². The van der Waals surface area contributed by atoms with E-state index >= 15 is 0 Å². The highest BCUT2D eigenvalue weighted by Crippen LogP contribution is 2.33. The molecule has 0 aliphatic carbocycles. The quantitative estimate of drug-likeness (QED) is 0.740. The fourth-order valence-corrected chi connectivity index (χ4v) is 4.11. The maximum absolute atomic E-state index is 6.44. The highest BCUT2D eigenvalue weighted by molar-refractivity contribution is 5.74. The Morgan fingerprint density at radius 1 is 1.22 bits per heavy atom. The highest BCUT2D eigenvalue weighted by Gasteiger charge is 2.33. The number of nitrogen functional groups attached to an aromatic ring is 1. The number of nitrogens with zero attached hydrogens (tertiary/aromatic N) is 3. The number of pyridine rings is 2. The first-order chi connectivity index (χ1) is 13.1. The average Bonchev–Trinajstić information content (AvgIpc) is 3.02. The van der Waals surface area contributed by atoms with E-state index < -0.39 is 0 Å². The summed E-state index contributed by atoms with van der Waals surface area (Å²) >= 11 is 0. The van der Waals surface area contributed by atoms with Gasteiger partial charge in [0.15, 0.2) is 0 Å². The molecular weight excluding hydrogens is 342 g/mol. The van der Waals surface area contributed by atoms with E-state index in [9.17, 15) is 0 Å². The van der Waals surface area contributed by atoms with Crippen molar-refractivity contribution < 1.29 is 9.47 Å². The van der Waals surface area contributed by atoms with E-state index in [2.05, 4.69) is 27.5 Å². The zero-order chi connectivity index (χ0) is 18.4. The van der Waals surface area contributed by atoms with Crippen molar-refractivity contribution in [2.75, 3.05) is 18.9 Å². The van der Waals surface area contributed by atoms with Crippen LogP contribution in [0.4, 0.5) is 5.82 Å². The van der Waals surface area contributed by atoms with Crippen LogP contribution in [-0.4, -0.2) is 46.0 Å². The number of ether oxygens (including phenoxy) is 2. The van der Waals surface area contributed by atoms with Crippen LogP contribution in [0.25, 0.3) is 16.6 Å². The summed E-state index contributed by atoms with van der Waals surface area (Å²) in [5.41, 5.74) is 9.85. The van der Waals surface area contributed by atoms with Crippen LogP contribution in [0.3, 0.4) is 0 Å². The van der Waals surface area contributed by atoms with Gasteiger partial charge in [-0.2, -0.15) is 5.10 Å². The number of hydrogen-bond donors (Lipinski definition) is 2. The molecule has 5 rings (SSSR count). The summed E-state index contributed by atoms with van der Waals surface area (Å²) < 4.78 is 13.9. The number of rotatable bonds is 3. The van der Waals surface area contributed by atoms with E-state index in [4.69, 9.17) is 15.2 Å². The molecule has 3 aromatic heterocycles. The molecule has 7 heteroatoms. The van der Waals surface area contributed by atoms with Crippen molar-refractivity contribution in [2.45, 2.75) is 38.0 Å². The monoisotopic (exact) mass is 365 g/mol. The molecule has 5 heterocycles. The van der Waals surface area contributed by atoms with E-state index in [0.717, 1.165) is 54.1 Å². The lowest BCUT2D eigenvalue weighted by Gasteiger charge is -2.40. The Morgan fingerprint density at radius 3 is 2.85 bits per heavy atom. The summed E-state index contributed by atoms with van der Waals surface area (Å²) in [5, 5.41) is 7.85. The molecule has 0 aromatic carbocycles. The molecule has 2 aliphatic rings. The van der Waals surface area contributed by atoms with Crippen molar-refractivity contribution in [1.82, 2.24) is 19.9 Å². The predicted molar refractivity (Wildman–Crippen MR) is 103 cm³/mol. The van der Waals surface area contributed by atoms with Crippen LogP contribution in [0, 0.1) is 6.92 Å². The number of nitrogens with two attached hydrogens (primary N) is 1. The first-order valence-corrected chi connectivity index (χ1v) is 9.36. The lowest BCUT2D eigenvalue weighted by Crippen LogP contribution is -2.56. The third-order valence-corrected chi connectivity index (χ3v) is 5.30. The number of nitrogens with one attached hydrogen (secondary N) is 1. The molecule has 3 aromatic rings. The van der Waals surface area contributed by atoms with Crippen LogP contribution in [0.15, 0.2) is 36.7 Å². The predicted octanol–water partition coefficient (Wildman–Crippen LogP) is 2.19. The van der Waals surface area contributed by atoms with E-state index in [1.165, 1.54) is 0 Å². The largest absolute Gasteiger partial charge is 0.488 e. The number of piperidine rings is 1. The van der Waals surface area contributed by atoms with E-state index in [-0.39, 0.29) is 6.10 Å². The van der Waals surface area contributed by atoms with Crippen LogP contribution in [0.2, 0.25) is 0 Å². The molecule has 2 unspecified atom stereocenters. The summed E-state index contributed by atoms with van der Waals surface area (Å²) in [6, 6.07) is 8.80. The number of hydrogen-bond acceptors (Lipinski definition) is 6. The Morgan fingerprint density at radius 2 is 2.04 bits per heavy atom. The van der Waals surface area contributed by atoms with Crippen LogP contribution in [-0.2, 0) is 4.74 Å². The van der Waals surface area contributed by atoms with E-state index in [1.54, 1.807) is 4.52 Å². The Balaban J connectivity index is 1.47. The van der Waals surface area contributed by atoms with Crippen LogP contribution < -0.4 is 15.8 Å². The van der Waals surface area contributed by atoms with Crippen LogP contribution in [0.1, 0.15) is 18.5 Å². The maximum atomic E-state index is 6.44. The number of anilines is 1. The van der Waals surface area contributed by atoms with Gasteiger partial charge in [0, 0.05) is 48.4 Å². The van der Waals surface area contributed by atoms with Gasteiger partial charge in [0.05, 0.1) is 24.9 Å². The second-order valence-corrected chi connectivity index (χ2v) is 7.49. The molecule has 140 valence electrons. The van der Waals surface area contributed by atoms with Gasteiger partial charge in [0.25, 0.3) is 0 Å². The van der Waals surface area contributed by atoms with Gasteiger partial charge in [-0.15, -0.1) is 0 Å². The van der Waals surface area contributed by atoms with Crippen molar-refractivity contribution in [2.24, 2.45) is 0 Å². The van der Waals surface area contributed by atoms with Gasteiger partial charge < -0.3 is 20.5 Å². The van der Waals surface area contributed by atoms with Gasteiger partial charge in [-0.1, -0.05) is 0 Å². The summed E-state index contributed by atoms with van der Waals surface area (Å²) in [5.74, 6) is 1.33. The average molecular weight is 365 g/mol. The lowest BCUT2D eigenvalue weighted by atomic mass is 9.94. The molecule has 2 saturated heterocycles. The Labute approximate surface area is 157 Å². The molecule has 0 saturated carbocycles. The third kappa shape index (κ3) is 3.24. The van der Waals surface area contributed by atoms with Crippen molar-refractivity contribution in [1.29, 1.82) is 0 Å². The minimum absolute atomic E-state index is 0.169. The molecule has 2 fully saturated rings. The van der Waals surface area contributed by atoms with Gasteiger partial charge in [-0.25, -0.2) is 4.52 Å². The van der Waals surface area contributed by atoms with Crippen LogP contribution in [0.5, 0.6) is 5.75 Å². The molecule has 2 aliphatic heterocycles. The minimum atomic E-state index is 0.169. The molecule has 27 heavy (non-hydrogen) atoms. The number of aromatic nitrogens is 3. The standard InChI is InChI=1S/C20H23N5O2/c1-12-4-18(13-2-3-25-16(5-13)8-20(21)24-25)19(9-22-12)27-17-6-14-10-26-11-15(7-17)23-14/h2-5,8-9,14-15,17,23H,6-7,10-11H2,1H3,(H2,21,24). The van der Waals surface area contributed by atoms with Crippen LogP contribution >= 0.6 is 0 Å². The minimum Gasteiger partial charge on any atom is -0.488 e. The summed E-state index contributed by atoms with van der Waals surface area (Å²) in [6.45, 7) is 3.51. The molecule has 2 atom stereocenters. The Hall–Kier alpha value is -2.64. The van der Waals surface area contributed by atoms with Gasteiger partial charge >= 0.3 is 0 Å². The highest BCUT2D eigenvalue weighted by atomic mass is 16.5. The van der Waals surface area contributed by atoms with Gasteiger partial charge in [0.1, 0.15) is 17.7 Å². The van der Waals surface area contributed by atoms with E-state index in [0.29, 0.717) is 17.9 Å². The number of morpholine rings is 1. The van der Waals surface area contributed by atoms with Crippen molar-refractivity contribution in [3.63, 3.8) is 0 Å². The summed E-state index contributed by atoms with van der Waals surface area (Å²) in [4.78, 5) is 4.47. The summed E-state index contributed by atoms with van der Waals surface area (Å²) in [7, 11) is 0. The number of fused-ring (bicyclic) bond motifs is 3. The van der Waals surface area contributed by atoms with Gasteiger partial charge in [-0.05, 0) is 30.7 Å². The zero-order valence-corrected chi connectivity index (χ0v) is 15.3. The molecule has 0 spiro atoms. The van der Waals surface area contributed by atoms with Crippen molar-refractivity contribution >= 4 is 11.3 Å². The topological polar surface area (TPSA) is 86.7 Å². The maximum Gasteiger partial charge on any atom is 0.146 e. The molecule has 0 amide bonds. The normalized spacial score (nSPS) is 24.9. The first-order valence-electron chi connectivity index (χ1n) is 9.36. The summed E-state index contributed by atoms with van der Waals surface area (Å²) in [6.07, 6.45) is 5.83. The molecule has 2 bridgehead atoms. The van der Waals surface area contributed by atoms with Crippen molar-refractivity contribution in [3.05, 3.63) is 42.4 Å². The SMILES string of the molecule is Cc1cc(-c2ccn3nc(N)cc3c2)c(OC2CC3COCC(C2)N3)cn1. The number of aryl methyl sites for hydroxylation is 1. The Bertz CT molecular complexity index is 974. The molecule has 0 radical (unpaired) electrons. The smallest absolute Gasteiger partial charge is 0.146 e. The fourth-order valence-electron chi connectivity index (χ4n) is 4.11. The lowest BCUT2D eigenvalue weighted by molar-refractivity contribution is -0.0122. The molecular formula is C20H23N5O2. The third-order valence-electron chi connectivity index (χ3n) is 5.30. The molecule has 7 nitrogen and oxygen atoms in total. The first kappa shape index (κ1) is 16.5. The Kier molecular flexibility index (Phi) is 3.98. The van der Waals surface area contributed by atoms with Gasteiger partial charge in [-0.3, -0.25) is 4.98 Å². The molecule has 3 N–H and O–H groups in total. The van der Waals surface area contributed by atoms with E-state index in [1.807, 2.05) is 31.5 Å². The zero-order valence-electron chi connectivity index (χ0n) is 15.3.